The van der Waals surface area contributed by atoms with Crippen molar-refractivity contribution in [2.24, 2.45) is 0 Å². The van der Waals surface area contributed by atoms with Gasteiger partial charge in [0.05, 0.1) is 12.9 Å². The first-order valence-electron chi connectivity index (χ1n) is 4.92. The maximum absolute atomic E-state index is 13.4. The summed E-state index contributed by atoms with van der Waals surface area (Å²) >= 11 is 0. The van der Waals surface area contributed by atoms with Gasteiger partial charge in [-0.2, -0.15) is 8.78 Å². The van der Waals surface area contributed by atoms with Crippen LogP contribution in [0.4, 0.5) is 8.78 Å². The van der Waals surface area contributed by atoms with E-state index < -0.39 is 18.0 Å². The summed E-state index contributed by atoms with van der Waals surface area (Å²) in [5.74, 6) is -4.77. The number of furan rings is 1. The largest absolute Gasteiger partial charge is 0.466 e. The van der Waals surface area contributed by atoms with E-state index in [1.165, 1.54) is 18.4 Å². The van der Waals surface area contributed by atoms with Gasteiger partial charge in [0.2, 0.25) is 0 Å². The minimum absolute atomic E-state index is 0.0927. The third-order valence-electron chi connectivity index (χ3n) is 1.91. The molecule has 1 aromatic heterocycles. The van der Waals surface area contributed by atoms with Gasteiger partial charge in [-0.05, 0) is 25.1 Å². The first kappa shape index (κ1) is 13.4. The highest BCUT2D eigenvalue weighted by molar-refractivity contribution is 5.82. The van der Waals surface area contributed by atoms with Crippen molar-refractivity contribution < 1.29 is 27.8 Å². The lowest BCUT2D eigenvalue weighted by atomic mass is 10.1. The predicted molar refractivity (Wildman–Crippen MR) is 54.4 cm³/mol. The highest BCUT2D eigenvalue weighted by Gasteiger charge is 2.38. The molecule has 0 saturated heterocycles. The molecule has 1 N–H and O–H groups in total. The number of carbonyl (C=O) groups excluding carboxylic acids is 1. The van der Waals surface area contributed by atoms with Crippen LogP contribution < -0.4 is 0 Å². The first-order chi connectivity index (χ1) is 7.97. The second-order valence-electron chi connectivity index (χ2n) is 3.18. The van der Waals surface area contributed by atoms with E-state index in [0.717, 1.165) is 0 Å². The van der Waals surface area contributed by atoms with Crippen molar-refractivity contribution in [3.8, 4) is 0 Å². The summed E-state index contributed by atoms with van der Waals surface area (Å²) in [5.41, 5.74) is 0. The average molecular weight is 246 g/mol. The van der Waals surface area contributed by atoms with E-state index in [0.29, 0.717) is 6.08 Å². The van der Waals surface area contributed by atoms with Gasteiger partial charge in [-0.3, -0.25) is 0 Å². The molecule has 0 bridgehead atoms. The van der Waals surface area contributed by atoms with Crippen molar-refractivity contribution >= 4 is 5.97 Å². The maximum atomic E-state index is 13.4. The second kappa shape index (κ2) is 5.58. The third-order valence-corrected chi connectivity index (χ3v) is 1.91. The van der Waals surface area contributed by atoms with E-state index in [4.69, 9.17) is 0 Å². The lowest BCUT2D eigenvalue weighted by Gasteiger charge is -2.16. The molecule has 1 atom stereocenters. The highest BCUT2D eigenvalue weighted by Crippen LogP contribution is 2.32. The van der Waals surface area contributed by atoms with Crippen molar-refractivity contribution in [1.82, 2.24) is 0 Å². The SMILES string of the molecule is CCOC(=O)/C=C/C(F)(F)[C@@H](O)c1ccco1. The molecular weight excluding hydrogens is 234 g/mol. The number of ether oxygens (including phenoxy) is 1. The van der Waals surface area contributed by atoms with Gasteiger partial charge in [0.1, 0.15) is 5.76 Å². The fourth-order valence-corrected chi connectivity index (χ4v) is 1.10. The van der Waals surface area contributed by atoms with E-state index in [9.17, 15) is 18.7 Å². The zero-order valence-corrected chi connectivity index (χ0v) is 9.10. The molecule has 0 radical (unpaired) electrons. The molecule has 0 aliphatic rings. The van der Waals surface area contributed by atoms with E-state index in [-0.39, 0.29) is 18.4 Å². The van der Waals surface area contributed by atoms with Crippen LogP contribution in [0.2, 0.25) is 0 Å². The predicted octanol–water partition coefficient (Wildman–Crippen LogP) is 2.07. The number of aliphatic hydroxyl groups excluding tert-OH is 1. The Morgan fingerprint density at radius 2 is 2.41 bits per heavy atom. The molecule has 94 valence electrons. The third kappa shape index (κ3) is 3.67. The van der Waals surface area contributed by atoms with Crippen molar-refractivity contribution in [2.75, 3.05) is 6.61 Å². The Bertz CT molecular complexity index is 384. The molecule has 1 aromatic rings. The standard InChI is InChI=1S/C11H12F2O4/c1-2-16-9(14)5-6-11(12,13)10(15)8-4-3-7-17-8/h3-7,10,15H,2H2,1H3/b6-5+/t10-/m0/s1. The van der Waals surface area contributed by atoms with Gasteiger partial charge in [0, 0.05) is 6.08 Å². The highest BCUT2D eigenvalue weighted by atomic mass is 19.3. The number of carbonyl (C=O) groups is 1. The quantitative estimate of drug-likeness (QED) is 0.638. The number of halogens is 2. The Morgan fingerprint density at radius 1 is 1.71 bits per heavy atom. The van der Waals surface area contributed by atoms with E-state index in [1.54, 1.807) is 6.92 Å². The van der Waals surface area contributed by atoms with E-state index >= 15 is 0 Å². The molecule has 0 aromatic carbocycles. The average Bonchev–Trinajstić information content (AvgIpc) is 2.79. The summed E-state index contributed by atoms with van der Waals surface area (Å²) < 4.78 is 35.9. The van der Waals surface area contributed by atoms with Gasteiger partial charge in [0.25, 0.3) is 5.92 Å². The number of alkyl halides is 2. The molecule has 0 amide bonds. The van der Waals surface area contributed by atoms with Crippen molar-refractivity contribution in [1.29, 1.82) is 0 Å². The topological polar surface area (TPSA) is 59.7 Å². The van der Waals surface area contributed by atoms with Gasteiger partial charge >= 0.3 is 5.97 Å². The summed E-state index contributed by atoms with van der Waals surface area (Å²) in [5, 5.41) is 9.33. The van der Waals surface area contributed by atoms with Crippen LogP contribution in [0.1, 0.15) is 18.8 Å². The Hall–Kier alpha value is -1.69. The van der Waals surface area contributed by atoms with Crippen LogP contribution in [0.15, 0.2) is 35.0 Å². The van der Waals surface area contributed by atoms with Crippen LogP contribution in [-0.4, -0.2) is 23.6 Å². The lowest BCUT2D eigenvalue weighted by molar-refractivity contribution is -0.137. The first-order valence-corrected chi connectivity index (χ1v) is 4.92. The molecule has 0 saturated carbocycles. The molecule has 0 spiro atoms. The fraction of sp³-hybridized carbons (Fsp3) is 0.364. The maximum Gasteiger partial charge on any atom is 0.330 e. The number of hydrogen-bond donors (Lipinski definition) is 1. The molecule has 17 heavy (non-hydrogen) atoms. The fourth-order valence-electron chi connectivity index (χ4n) is 1.10. The van der Waals surface area contributed by atoms with Crippen molar-refractivity contribution in [3.63, 3.8) is 0 Å². The van der Waals surface area contributed by atoms with Gasteiger partial charge in [-0.25, -0.2) is 4.79 Å². The van der Waals surface area contributed by atoms with E-state index in [2.05, 4.69) is 9.15 Å². The molecule has 4 nitrogen and oxygen atoms in total. The normalized spacial score (nSPS) is 13.9. The Morgan fingerprint density at radius 3 is 2.94 bits per heavy atom. The Balaban J connectivity index is 2.71. The van der Waals surface area contributed by atoms with Crippen LogP contribution in [0.5, 0.6) is 0 Å². The zero-order valence-electron chi connectivity index (χ0n) is 9.10. The van der Waals surface area contributed by atoms with Crippen LogP contribution in [0, 0.1) is 0 Å². The molecule has 0 unspecified atom stereocenters. The summed E-state index contributed by atoms with van der Waals surface area (Å²) in [6.45, 7) is 1.65. The minimum Gasteiger partial charge on any atom is -0.466 e. The van der Waals surface area contributed by atoms with Gasteiger partial charge in [-0.15, -0.1) is 0 Å². The lowest BCUT2D eigenvalue weighted by Crippen LogP contribution is -2.23. The molecule has 6 heteroatoms. The van der Waals surface area contributed by atoms with Crippen molar-refractivity contribution in [3.05, 3.63) is 36.3 Å². The number of esters is 1. The minimum atomic E-state index is -3.61. The molecule has 0 aliphatic heterocycles. The summed E-state index contributed by atoms with van der Waals surface area (Å²) in [6, 6.07) is 2.60. The zero-order chi connectivity index (χ0) is 12.9. The second-order valence-corrected chi connectivity index (χ2v) is 3.18. The van der Waals surface area contributed by atoms with Gasteiger partial charge in [-0.1, -0.05) is 0 Å². The van der Waals surface area contributed by atoms with Crippen molar-refractivity contribution in [2.45, 2.75) is 19.0 Å². The van der Waals surface area contributed by atoms with Crippen LogP contribution in [-0.2, 0) is 9.53 Å². The molecular formula is C11H12F2O4. The summed E-state index contributed by atoms with van der Waals surface area (Å²) in [4.78, 5) is 10.9. The Labute approximate surface area is 96.5 Å². The summed E-state index contributed by atoms with van der Waals surface area (Å²) in [7, 11) is 0. The number of hydrogen-bond acceptors (Lipinski definition) is 4. The number of aliphatic hydroxyl groups is 1. The smallest absolute Gasteiger partial charge is 0.330 e. The van der Waals surface area contributed by atoms with Crippen LogP contribution >= 0.6 is 0 Å². The molecule has 1 heterocycles. The molecule has 0 fully saturated rings. The monoisotopic (exact) mass is 246 g/mol. The number of rotatable bonds is 5. The Kier molecular flexibility index (Phi) is 4.39. The van der Waals surface area contributed by atoms with Crippen LogP contribution in [0.3, 0.4) is 0 Å². The van der Waals surface area contributed by atoms with Crippen LogP contribution in [0.25, 0.3) is 0 Å². The van der Waals surface area contributed by atoms with E-state index in [1.807, 2.05) is 0 Å². The molecule has 1 rings (SSSR count). The van der Waals surface area contributed by atoms with Gasteiger partial charge in [0.15, 0.2) is 6.10 Å². The van der Waals surface area contributed by atoms with Gasteiger partial charge < -0.3 is 14.3 Å². The summed E-state index contributed by atoms with van der Waals surface area (Å²) in [6.07, 6.45) is -0.0967. The molecule has 0 aliphatic carbocycles.